The summed E-state index contributed by atoms with van der Waals surface area (Å²) >= 11 is 0. The largest absolute Gasteiger partial charge is 0.481 e. The maximum absolute atomic E-state index is 12.7. The fraction of sp³-hybridized carbons (Fsp3) is 0.409. The van der Waals surface area contributed by atoms with Crippen molar-refractivity contribution in [2.45, 2.75) is 58.6 Å². The van der Waals surface area contributed by atoms with Crippen molar-refractivity contribution in [3.63, 3.8) is 0 Å². The number of ether oxygens (including phenoxy) is 1. The number of hydrogen-bond donors (Lipinski definition) is 1. The van der Waals surface area contributed by atoms with Crippen molar-refractivity contribution in [1.82, 2.24) is 5.32 Å². The van der Waals surface area contributed by atoms with Gasteiger partial charge in [-0.1, -0.05) is 56.3 Å². The summed E-state index contributed by atoms with van der Waals surface area (Å²) in [6.45, 7) is 8.17. The van der Waals surface area contributed by atoms with E-state index in [0.717, 1.165) is 18.6 Å². The van der Waals surface area contributed by atoms with Crippen LogP contribution < -0.4 is 10.1 Å². The van der Waals surface area contributed by atoms with E-state index in [4.69, 9.17) is 4.74 Å². The molecule has 3 nitrogen and oxygen atoms in total. The van der Waals surface area contributed by atoms with Gasteiger partial charge in [0.05, 0.1) is 0 Å². The molecule has 0 saturated heterocycles. The van der Waals surface area contributed by atoms with Gasteiger partial charge in [-0.2, -0.15) is 0 Å². The summed E-state index contributed by atoms with van der Waals surface area (Å²) in [6, 6.07) is 18.1. The van der Waals surface area contributed by atoms with Gasteiger partial charge < -0.3 is 10.1 Å². The van der Waals surface area contributed by atoms with Gasteiger partial charge in [-0.15, -0.1) is 0 Å². The molecule has 0 unspecified atom stereocenters. The molecular formula is C22H29NO2. The van der Waals surface area contributed by atoms with Crippen molar-refractivity contribution >= 4 is 5.91 Å². The molecule has 1 N–H and O–H groups in total. The third-order valence-electron chi connectivity index (χ3n) is 4.22. The van der Waals surface area contributed by atoms with Crippen molar-refractivity contribution in [3.8, 4) is 5.75 Å². The van der Waals surface area contributed by atoms with Crippen LogP contribution in [-0.2, 0) is 17.6 Å². The van der Waals surface area contributed by atoms with Crippen LogP contribution in [0.25, 0.3) is 0 Å². The molecule has 1 atom stereocenters. The lowest BCUT2D eigenvalue weighted by Crippen LogP contribution is -2.50. The summed E-state index contributed by atoms with van der Waals surface area (Å²) in [7, 11) is 0. The van der Waals surface area contributed by atoms with Gasteiger partial charge in [-0.25, -0.2) is 0 Å². The van der Waals surface area contributed by atoms with Crippen LogP contribution in [0.15, 0.2) is 54.6 Å². The first kappa shape index (κ1) is 19.0. The summed E-state index contributed by atoms with van der Waals surface area (Å²) in [5.74, 6) is 0.670. The molecule has 0 radical (unpaired) electrons. The second-order valence-corrected chi connectivity index (χ2v) is 7.05. The maximum atomic E-state index is 12.7. The molecule has 3 heteroatoms. The fourth-order valence-electron chi connectivity index (χ4n) is 2.85. The number of aryl methyl sites for hydroxylation is 1. The standard InChI is InChI=1S/C22H29NO2/c1-5-17-12-14-19(15-13-17)25-20(6-2)21(24)23-22(3,4)16-18-10-8-7-9-11-18/h7-15,20H,5-6,16H2,1-4H3,(H,23,24)/t20-/m0/s1. The third-order valence-corrected chi connectivity index (χ3v) is 4.22. The summed E-state index contributed by atoms with van der Waals surface area (Å²) < 4.78 is 5.91. The number of amides is 1. The number of hydrogen-bond acceptors (Lipinski definition) is 2. The van der Waals surface area contributed by atoms with Crippen LogP contribution in [0, 0.1) is 0 Å². The lowest BCUT2D eigenvalue weighted by molar-refractivity contribution is -0.129. The monoisotopic (exact) mass is 339 g/mol. The summed E-state index contributed by atoms with van der Waals surface area (Å²) in [6.07, 6.45) is 1.91. The van der Waals surface area contributed by atoms with Gasteiger partial charge in [0.1, 0.15) is 5.75 Å². The van der Waals surface area contributed by atoms with E-state index < -0.39 is 6.10 Å². The Balaban J connectivity index is 1.98. The highest BCUT2D eigenvalue weighted by Gasteiger charge is 2.26. The van der Waals surface area contributed by atoms with Crippen LogP contribution in [0.5, 0.6) is 5.75 Å². The predicted molar refractivity (Wildman–Crippen MR) is 103 cm³/mol. The van der Waals surface area contributed by atoms with E-state index in [-0.39, 0.29) is 11.4 Å². The summed E-state index contributed by atoms with van der Waals surface area (Å²) in [4.78, 5) is 12.7. The molecule has 25 heavy (non-hydrogen) atoms. The Labute approximate surface area is 151 Å². The highest BCUT2D eigenvalue weighted by molar-refractivity contribution is 5.81. The van der Waals surface area contributed by atoms with Crippen molar-refractivity contribution in [3.05, 3.63) is 65.7 Å². The number of nitrogens with one attached hydrogen (secondary N) is 1. The van der Waals surface area contributed by atoms with Gasteiger partial charge in [0, 0.05) is 5.54 Å². The Bertz CT molecular complexity index is 662. The van der Waals surface area contributed by atoms with Gasteiger partial charge in [0.25, 0.3) is 5.91 Å². The van der Waals surface area contributed by atoms with Crippen LogP contribution in [0.1, 0.15) is 45.2 Å². The summed E-state index contributed by atoms with van der Waals surface area (Å²) in [5.41, 5.74) is 2.13. The van der Waals surface area contributed by atoms with E-state index in [2.05, 4.69) is 24.4 Å². The Morgan fingerprint density at radius 3 is 2.20 bits per heavy atom. The van der Waals surface area contributed by atoms with Gasteiger partial charge >= 0.3 is 0 Å². The minimum Gasteiger partial charge on any atom is -0.481 e. The molecule has 134 valence electrons. The zero-order valence-electron chi connectivity index (χ0n) is 15.7. The molecule has 0 aliphatic carbocycles. The SMILES string of the molecule is CCc1ccc(O[C@@H](CC)C(=O)NC(C)(C)Cc2ccccc2)cc1. The van der Waals surface area contributed by atoms with Crippen LogP contribution in [0.4, 0.5) is 0 Å². The molecule has 1 amide bonds. The quantitative estimate of drug-likeness (QED) is 0.766. The number of carbonyl (C=O) groups excluding carboxylic acids is 1. The molecule has 2 rings (SSSR count). The van der Waals surface area contributed by atoms with Gasteiger partial charge in [-0.3, -0.25) is 4.79 Å². The Morgan fingerprint density at radius 2 is 1.64 bits per heavy atom. The second-order valence-electron chi connectivity index (χ2n) is 7.05. The first-order valence-electron chi connectivity index (χ1n) is 9.05. The smallest absolute Gasteiger partial charge is 0.261 e. The third kappa shape index (κ3) is 5.93. The van der Waals surface area contributed by atoms with E-state index in [1.807, 2.05) is 63.2 Å². The van der Waals surface area contributed by atoms with Crippen molar-refractivity contribution in [1.29, 1.82) is 0 Å². The molecule has 0 aliphatic heterocycles. The molecule has 0 aromatic heterocycles. The fourth-order valence-corrected chi connectivity index (χ4v) is 2.85. The lowest BCUT2D eigenvalue weighted by Gasteiger charge is -2.29. The first-order valence-corrected chi connectivity index (χ1v) is 9.05. The van der Waals surface area contributed by atoms with Gasteiger partial charge in [0.2, 0.25) is 0 Å². The molecule has 0 saturated carbocycles. The summed E-state index contributed by atoms with van der Waals surface area (Å²) in [5, 5.41) is 3.13. The Kier molecular flexibility index (Phi) is 6.63. The normalized spacial score (nSPS) is 12.5. The van der Waals surface area contributed by atoms with Crippen LogP contribution >= 0.6 is 0 Å². The highest BCUT2D eigenvalue weighted by Crippen LogP contribution is 2.17. The second kappa shape index (κ2) is 8.70. The van der Waals surface area contributed by atoms with E-state index in [1.165, 1.54) is 11.1 Å². The molecule has 0 heterocycles. The zero-order valence-corrected chi connectivity index (χ0v) is 15.7. The minimum absolute atomic E-state index is 0.0667. The zero-order chi connectivity index (χ0) is 18.3. The predicted octanol–water partition coefficient (Wildman–Crippen LogP) is 4.54. The first-order chi connectivity index (χ1) is 11.9. The Morgan fingerprint density at radius 1 is 1.00 bits per heavy atom. The van der Waals surface area contributed by atoms with Crippen LogP contribution in [-0.4, -0.2) is 17.6 Å². The van der Waals surface area contributed by atoms with E-state index in [9.17, 15) is 4.79 Å². The average molecular weight is 339 g/mol. The number of benzene rings is 2. The topological polar surface area (TPSA) is 38.3 Å². The molecule has 0 bridgehead atoms. The van der Waals surface area contributed by atoms with E-state index in [0.29, 0.717) is 6.42 Å². The van der Waals surface area contributed by atoms with Crippen molar-refractivity contribution < 1.29 is 9.53 Å². The molecule has 2 aromatic carbocycles. The average Bonchev–Trinajstić information content (AvgIpc) is 2.60. The molecule has 0 aliphatic rings. The van der Waals surface area contributed by atoms with Crippen molar-refractivity contribution in [2.24, 2.45) is 0 Å². The molecule has 0 fully saturated rings. The number of carbonyl (C=O) groups is 1. The van der Waals surface area contributed by atoms with E-state index >= 15 is 0 Å². The van der Waals surface area contributed by atoms with Crippen LogP contribution in [0.2, 0.25) is 0 Å². The molecular weight excluding hydrogens is 310 g/mol. The van der Waals surface area contributed by atoms with Gasteiger partial charge in [0.15, 0.2) is 6.10 Å². The van der Waals surface area contributed by atoms with Gasteiger partial charge in [-0.05, 0) is 56.4 Å². The maximum Gasteiger partial charge on any atom is 0.261 e. The Hall–Kier alpha value is -2.29. The van der Waals surface area contributed by atoms with Crippen molar-refractivity contribution in [2.75, 3.05) is 0 Å². The molecule has 0 spiro atoms. The highest BCUT2D eigenvalue weighted by atomic mass is 16.5. The molecule has 2 aromatic rings. The van der Waals surface area contributed by atoms with E-state index in [1.54, 1.807) is 0 Å². The lowest BCUT2D eigenvalue weighted by atomic mass is 9.94. The van der Waals surface area contributed by atoms with Crippen LogP contribution in [0.3, 0.4) is 0 Å². The number of rotatable bonds is 8. The minimum atomic E-state index is -0.484.